The predicted molar refractivity (Wildman–Crippen MR) is 113 cm³/mol. The Hall–Kier alpha value is -2.27. The molecule has 27 heavy (non-hydrogen) atoms. The second-order valence-corrected chi connectivity index (χ2v) is 13.4. The van der Waals surface area contributed by atoms with Crippen molar-refractivity contribution < 1.29 is 14.0 Å². The Morgan fingerprint density at radius 3 is 2.37 bits per heavy atom. The molecule has 144 valence electrons. The van der Waals surface area contributed by atoms with Gasteiger partial charge in [-0.25, -0.2) is 4.79 Å². The maximum Gasteiger partial charge on any atom is 0.414 e. The zero-order chi connectivity index (χ0) is 20.0. The zero-order valence-corrected chi connectivity index (χ0v) is 18.3. The summed E-state index contributed by atoms with van der Waals surface area (Å²) in [6.07, 6.45) is -0.345. The van der Waals surface area contributed by atoms with E-state index in [4.69, 9.17) is 9.16 Å². The lowest BCUT2D eigenvalue weighted by molar-refractivity contribution is 0.176. The molecular formula is C22H29NO3Si. The molecule has 1 aliphatic heterocycles. The van der Waals surface area contributed by atoms with Gasteiger partial charge in [-0.15, -0.1) is 0 Å². The summed E-state index contributed by atoms with van der Waals surface area (Å²) < 4.78 is 11.5. The number of methoxy groups -OCH3 is 1. The molecule has 0 bridgehead atoms. The lowest BCUT2D eigenvalue weighted by atomic mass is 9.89. The molecule has 0 aliphatic carbocycles. The minimum absolute atomic E-state index is 0.107. The number of benzene rings is 2. The van der Waals surface area contributed by atoms with E-state index in [1.165, 1.54) is 7.11 Å². The molecule has 1 atom stereocenters. The van der Waals surface area contributed by atoms with Crippen molar-refractivity contribution in [2.75, 3.05) is 12.0 Å². The van der Waals surface area contributed by atoms with Gasteiger partial charge in [-0.1, -0.05) is 45.0 Å². The van der Waals surface area contributed by atoms with Crippen molar-refractivity contribution in [1.82, 2.24) is 0 Å². The molecule has 2 aromatic carbocycles. The summed E-state index contributed by atoms with van der Waals surface area (Å²) in [4.78, 5) is 14.1. The number of fused-ring (bicyclic) bond motifs is 3. The topological polar surface area (TPSA) is 38.8 Å². The van der Waals surface area contributed by atoms with E-state index in [9.17, 15) is 4.79 Å². The summed E-state index contributed by atoms with van der Waals surface area (Å²) in [7, 11) is -0.501. The first kappa shape index (κ1) is 19.5. The Labute approximate surface area is 163 Å². The van der Waals surface area contributed by atoms with E-state index in [0.29, 0.717) is 0 Å². The van der Waals surface area contributed by atoms with Gasteiger partial charge in [0.25, 0.3) is 0 Å². The average molecular weight is 384 g/mol. The number of nitrogens with zero attached hydrogens (tertiary/aromatic N) is 1. The van der Waals surface area contributed by atoms with Crippen LogP contribution < -0.4 is 9.33 Å². The van der Waals surface area contributed by atoms with E-state index in [-0.39, 0.29) is 17.2 Å². The monoisotopic (exact) mass is 383 g/mol. The fourth-order valence-electron chi connectivity index (χ4n) is 3.26. The van der Waals surface area contributed by atoms with E-state index in [0.717, 1.165) is 28.1 Å². The molecule has 0 N–H and O–H groups in total. The van der Waals surface area contributed by atoms with Gasteiger partial charge in [0.1, 0.15) is 5.75 Å². The molecule has 5 heteroatoms. The summed E-state index contributed by atoms with van der Waals surface area (Å²) >= 11 is 0. The highest BCUT2D eigenvalue weighted by Crippen LogP contribution is 2.46. The first-order chi connectivity index (χ1) is 12.6. The van der Waals surface area contributed by atoms with Crippen molar-refractivity contribution in [2.24, 2.45) is 0 Å². The quantitative estimate of drug-likeness (QED) is 0.564. The van der Waals surface area contributed by atoms with Crippen LogP contribution in [-0.4, -0.2) is 21.5 Å². The Morgan fingerprint density at radius 1 is 1.07 bits per heavy atom. The van der Waals surface area contributed by atoms with Gasteiger partial charge in [-0.3, -0.25) is 4.90 Å². The predicted octanol–water partition coefficient (Wildman–Crippen LogP) is 6.39. The number of amides is 1. The van der Waals surface area contributed by atoms with Crippen LogP contribution in [0.1, 0.15) is 39.3 Å². The van der Waals surface area contributed by atoms with Gasteiger partial charge in [-0.2, -0.15) is 0 Å². The third-order valence-electron chi connectivity index (χ3n) is 5.87. The number of carbonyl (C=O) groups is 1. The van der Waals surface area contributed by atoms with Gasteiger partial charge in [0, 0.05) is 5.56 Å². The van der Waals surface area contributed by atoms with Crippen LogP contribution in [0.25, 0.3) is 11.1 Å². The SMILES string of the molecule is COC(=O)N1c2ccccc2-c2cc(O[Si](C)(C)C(C)(C)C)ccc2C1C. The number of para-hydroxylation sites is 1. The van der Waals surface area contributed by atoms with Crippen molar-refractivity contribution in [2.45, 2.75) is 51.9 Å². The van der Waals surface area contributed by atoms with E-state index in [1.807, 2.05) is 37.3 Å². The summed E-state index contributed by atoms with van der Waals surface area (Å²) in [5, 5.41) is 0.135. The maximum atomic E-state index is 12.4. The molecule has 0 saturated heterocycles. The molecule has 0 aromatic heterocycles. The zero-order valence-electron chi connectivity index (χ0n) is 17.3. The van der Waals surface area contributed by atoms with Gasteiger partial charge >= 0.3 is 6.09 Å². The first-order valence-corrected chi connectivity index (χ1v) is 12.3. The highest BCUT2D eigenvalue weighted by molar-refractivity contribution is 6.74. The lowest BCUT2D eigenvalue weighted by Crippen LogP contribution is -2.43. The van der Waals surface area contributed by atoms with Crippen LogP contribution in [0.2, 0.25) is 18.1 Å². The Kier molecular flexibility index (Phi) is 4.85. The van der Waals surface area contributed by atoms with Crippen LogP contribution in [-0.2, 0) is 4.74 Å². The summed E-state index contributed by atoms with van der Waals surface area (Å²) in [6, 6.07) is 14.1. The number of rotatable bonds is 2. The van der Waals surface area contributed by atoms with Crippen molar-refractivity contribution in [3.05, 3.63) is 48.0 Å². The first-order valence-electron chi connectivity index (χ1n) is 9.36. The molecule has 0 saturated carbocycles. The van der Waals surface area contributed by atoms with Crippen molar-refractivity contribution in [3.63, 3.8) is 0 Å². The van der Waals surface area contributed by atoms with Crippen LogP contribution in [0, 0.1) is 0 Å². The van der Waals surface area contributed by atoms with Crippen LogP contribution >= 0.6 is 0 Å². The van der Waals surface area contributed by atoms with Crippen molar-refractivity contribution in [3.8, 4) is 16.9 Å². The molecule has 1 aliphatic rings. The van der Waals surface area contributed by atoms with E-state index >= 15 is 0 Å². The van der Waals surface area contributed by atoms with E-state index in [1.54, 1.807) is 4.90 Å². The van der Waals surface area contributed by atoms with E-state index in [2.05, 4.69) is 46.0 Å². The molecule has 2 aromatic rings. The van der Waals surface area contributed by atoms with E-state index < -0.39 is 8.32 Å². The lowest BCUT2D eigenvalue weighted by Gasteiger charge is -2.38. The Bertz CT molecular complexity index is 870. The molecule has 3 rings (SSSR count). The fraction of sp³-hybridized carbons (Fsp3) is 0.409. The van der Waals surface area contributed by atoms with Gasteiger partial charge in [0.05, 0.1) is 18.8 Å². The Morgan fingerprint density at radius 2 is 1.74 bits per heavy atom. The van der Waals surface area contributed by atoms with Crippen LogP contribution in [0.3, 0.4) is 0 Å². The molecule has 1 unspecified atom stereocenters. The van der Waals surface area contributed by atoms with Crippen molar-refractivity contribution in [1.29, 1.82) is 0 Å². The second-order valence-electron chi connectivity index (χ2n) is 8.64. The van der Waals surface area contributed by atoms with Gasteiger partial charge in [0.2, 0.25) is 8.32 Å². The highest BCUT2D eigenvalue weighted by atomic mass is 28.4. The van der Waals surface area contributed by atoms with Crippen LogP contribution in [0.4, 0.5) is 10.5 Å². The van der Waals surface area contributed by atoms with Crippen LogP contribution in [0.5, 0.6) is 5.75 Å². The Balaban J connectivity index is 2.09. The minimum atomic E-state index is -1.92. The molecule has 0 spiro atoms. The number of ether oxygens (including phenoxy) is 1. The number of anilines is 1. The average Bonchev–Trinajstić information content (AvgIpc) is 2.60. The molecule has 1 amide bonds. The van der Waals surface area contributed by atoms with Gasteiger partial charge < -0.3 is 9.16 Å². The summed E-state index contributed by atoms with van der Waals surface area (Å²) in [6.45, 7) is 13.2. The normalized spacial score (nSPS) is 16.4. The molecule has 1 heterocycles. The smallest absolute Gasteiger partial charge is 0.414 e. The van der Waals surface area contributed by atoms with Gasteiger partial charge in [-0.05, 0) is 54.4 Å². The molecule has 0 radical (unpaired) electrons. The molecule has 4 nitrogen and oxygen atoms in total. The third kappa shape index (κ3) is 3.36. The highest BCUT2D eigenvalue weighted by Gasteiger charge is 2.39. The minimum Gasteiger partial charge on any atom is -0.543 e. The summed E-state index contributed by atoms with van der Waals surface area (Å²) in [5.41, 5.74) is 4.11. The largest absolute Gasteiger partial charge is 0.543 e. The number of hydrogen-bond acceptors (Lipinski definition) is 3. The third-order valence-corrected chi connectivity index (χ3v) is 10.2. The van der Waals surface area contributed by atoms with Gasteiger partial charge in [0.15, 0.2) is 0 Å². The second kappa shape index (κ2) is 6.71. The standard InChI is InChI=1S/C22H29NO3Si/c1-15-17-13-12-16(26-27(6,7)22(2,3)4)14-19(17)18-10-8-9-11-20(18)23(15)21(24)25-5/h8-15H,1-7H3. The van der Waals surface area contributed by atoms with Crippen molar-refractivity contribution >= 4 is 20.1 Å². The van der Waals surface area contributed by atoms with Crippen LogP contribution in [0.15, 0.2) is 42.5 Å². The maximum absolute atomic E-state index is 12.4. The molecule has 0 fully saturated rings. The number of hydrogen-bond donors (Lipinski definition) is 0. The number of carbonyl (C=O) groups excluding carboxylic acids is 1. The summed E-state index contributed by atoms with van der Waals surface area (Å²) in [5.74, 6) is 0.897. The fourth-order valence-corrected chi connectivity index (χ4v) is 4.28. The molecular weight excluding hydrogens is 354 g/mol.